The molecule has 0 aliphatic rings. The molecule has 3 aromatic carbocycles. The Balaban J connectivity index is 1.71. The zero-order valence-electron chi connectivity index (χ0n) is 16.6. The Morgan fingerprint density at radius 1 is 0.967 bits per heavy atom. The molecule has 0 saturated carbocycles. The number of para-hydroxylation sites is 1. The summed E-state index contributed by atoms with van der Waals surface area (Å²) in [6.07, 6.45) is 6.15. The van der Waals surface area contributed by atoms with Gasteiger partial charge in [0.15, 0.2) is 5.78 Å². The van der Waals surface area contributed by atoms with E-state index in [1.54, 1.807) is 6.08 Å². The Morgan fingerprint density at radius 3 is 2.33 bits per heavy atom. The van der Waals surface area contributed by atoms with Crippen molar-refractivity contribution in [2.45, 2.75) is 13.3 Å². The summed E-state index contributed by atoms with van der Waals surface area (Å²) in [5.41, 5.74) is 5.24. The molecule has 0 aliphatic heterocycles. The molecule has 1 aromatic heterocycles. The number of aryl methyl sites for hydroxylation is 1. The van der Waals surface area contributed by atoms with E-state index < -0.39 is 0 Å². The van der Waals surface area contributed by atoms with Crippen LogP contribution in [0.15, 0.2) is 91.1 Å². The predicted molar refractivity (Wildman–Crippen MR) is 118 cm³/mol. The Hall–Kier alpha value is -3.79. The highest BCUT2D eigenvalue weighted by atomic mass is 19.1. The van der Waals surface area contributed by atoms with Crippen LogP contribution >= 0.6 is 0 Å². The lowest BCUT2D eigenvalue weighted by atomic mass is 10.0. The Kier molecular flexibility index (Phi) is 5.66. The van der Waals surface area contributed by atoms with Gasteiger partial charge in [-0.1, -0.05) is 49.4 Å². The van der Waals surface area contributed by atoms with Gasteiger partial charge in [0.25, 0.3) is 0 Å². The molecule has 4 heteroatoms. The maximum atomic E-state index is 13.1. The molecule has 0 amide bonds. The fraction of sp³-hybridized carbons (Fsp3) is 0.0769. The largest absolute Gasteiger partial charge is 0.289 e. The van der Waals surface area contributed by atoms with E-state index in [-0.39, 0.29) is 11.6 Å². The van der Waals surface area contributed by atoms with E-state index in [2.05, 4.69) is 31.2 Å². The average molecular weight is 396 g/mol. The Morgan fingerprint density at radius 2 is 1.67 bits per heavy atom. The number of hydrogen-bond acceptors (Lipinski definition) is 2. The van der Waals surface area contributed by atoms with Gasteiger partial charge in [-0.3, -0.25) is 4.79 Å². The second kappa shape index (κ2) is 8.70. The lowest BCUT2D eigenvalue weighted by molar-refractivity contribution is 0.104. The average Bonchev–Trinajstić information content (AvgIpc) is 3.23. The molecule has 0 N–H and O–H groups in total. The quantitative estimate of drug-likeness (QED) is 0.290. The van der Waals surface area contributed by atoms with Crippen molar-refractivity contribution in [3.05, 3.63) is 114 Å². The van der Waals surface area contributed by atoms with Gasteiger partial charge in [-0.2, -0.15) is 5.10 Å². The van der Waals surface area contributed by atoms with Gasteiger partial charge in [-0.05, 0) is 60.5 Å². The summed E-state index contributed by atoms with van der Waals surface area (Å²) in [4.78, 5) is 12.5. The lowest BCUT2D eigenvalue weighted by Gasteiger charge is -2.02. The highest BCUT2D eigenvalue weighted by Gasteiger charge is 2.11. The minimum Gasteiger partial charge on any atom is -0.289 e. The maximum Gasteiger partial charge on any atom is 0.185 e. The summed E-state index contributed by atoms with van der Waals surface area (Å²) in [5.74, 6) is -0.549. The van der Waals surface area contributed by atoms with E-state index >= 15 is 0 Å². The molecule has 0 saturated heterocycles. The number of nitrogens with zero attached hydrogens (tertiary/aromatic N) is 2. The van der Waals surface area contributed by atoms with Crippen LogP contribution in [-0.2, 0) is 6.42 Å². The topological polar surface area (TPSA) is 34.9 Å². The molecule has 0 atom stereocenters. The predicted octanol–water partition coefficient (Wildman–Crippen LogP) is 6.14. The normalized spacial score (nSPS) is 11.1. The third-order valence-electron chi connectivity index (χ3n) is 4.94. The summed E-state index contributed by atoms with van der Waals surface area (Å²) in [6, 6.07) is 23.7. The summed E-state index contributed by atoms with van der Waals surface area (Å²) in [6.45, 7) is 2.12. The third kappa shape index (κ3) is 4.28. The summed E-state index contributed by atoms with van der Waals surface area (Å²) >= 11 is 0. The second-order valence-electron chi connectivity index (χ2n) is 6.97. The molecule has 30 heavy (non-hydrogen) atoms. The van der Waals surface area contributed by atoms with Gasteiger partial charge < -0.3 is 0 Å². The molecule has 4 aromatic rings. The fourth-order valence-corrected chi connectivity index (χ4v) is 3.22. The van der Waals surface area contributed by atoms with Crippen molar-refractivity contribution in [1.29, 1.82) is 0 Å². The number of ketones is 1. The van der Waals surface area contributed by atoms with Crippen LogP contribution in [0.4, 0.5) is 4.39 Å². The number of halogens is 1. The number of hydrogen-bond donors (Lipinski definition) is 0. The summed E-state index contributed by atoms with van der Waals surface area (Å²) in [7, 11) is 0. The first-order chi connectivity index (χ1) is 14.6. The number of carbonyl (C=O) groups is 1. The van der Waals surface area contributed by atoms with Crippen molar-refractivity contribution in [1.82, 2.24) is 9.78 Å². The maximum absolute atomic E-state index is 13.1. The van der Waals surface area contributed by atoms with E-state index in [4.69, 9.17) is 5.10 Å². The number of aromatic nitrogens is 2. The SMILES string of the molecule is CCc1ccc(-c2nn(-c3ccccc3)cc2C=CC(=O)c2ccc(F)cc2)cc1. The molecule has 0 fully saturated rings. The monoisotopic (exact) mass is 396 g/mol. The molecule has 148 valence electrons. The standard InChI is InChI=1S/C26H21FN2O/c1-2-19-8-10-21(11-9-19)26-22(18-29(28-26)24-6-4-3-5-7-24)14-17-25(30)20-12-15-23(27)16-13-20/h3-18H,2H2,1H3. The molecular weight excluding hydrogens is 375 g/mol. The van der Waals surface area contributed by atoms with Gasteiger partial charge in [-0.25, -0.2) is 9.07 Å². The molecule has 0 spiro atoms. The van der Waals surface area contributed by atoms with E-state index in [1.165, 1.54) is 35.9 Å². The first-order valence-corrected chi connectivity index (χ1v) is 9.86. The Bertz CT molecular complexity index is 1170. The van der Waals surface area contributed by atoms with Crippen LogP contribution in [0.1, 0.15) is 28.4 Å². The van der Waals surface area contributed by atoms with Crippen LogP contribution in [0.25, 0.3) is 23.0 Å². The molecule has 0 unspecified atom stereocenters. The highest BCUT2D eigenvalue weighted by Crippen LogP contribution is 2.25. The van der Waals surface area contributed by atoms with Gasteiger partial charge in [0.1, 0.15) is 5.82 Å². The zero-order chi connectivity index (χ0) is 20.9. The van der Waals surface area contributed by atoms with Crippen molar-refractivity contribution < 1.29 is 9.18 Å². The van der Waals surface area contributed by atoms with Crippen molar-refractivity contribution in [3.8, 4) is 16.9 Å². The second-order valence-corrected chi connectivity index (χ2v) is 6.97. The first kappa shape index (κ1) is 19.5. The van der Waals surface area contributed by atoms with Crippen molar-refractivity contribution in [3.63, 3.8) is 0 Å². The van der Waals surface area contributed by atoms with Gasteiger partial charge in [-0.15, -0.1) is 0 Å². The summed E-state index contributed by atoms with van der Waals surface area (Å²) in [5, 5.41) is 4.77. The van der Waals surface area contributed by atoms with Crippen LogP contribution < -0.4 is 0 Å². The van der Waals surface area contributed by atoms with Crippen LogP contribution in [0.3, 0.4) is 0 Å². The van der Waals surface area contributed by atoms with E-state index in [9.17, 15) is 9.18 Å². The van der Waals surface area contributed by atoms with E-state index in [0.29, 0.717) is 5.56 Å². The van der Waals surface area contributed by atoms with Crippen LogP contribution in [0, 0.1) is 5.82 Å². The number of rotatable bonds is 6. The van der Waals surface area contributed by atoms with E-state index in [1.807, 2.05) is 41.2 Å². The first-order valence-electron chi connectivity index (χ1n) is 9.86. The van der Waals surface area contributed by atoms with Crippen LogP contribution in [0.2, 0.25) is 0 Å². The van der Waals surface area contributed by atoms with Crippen molar-refractivity contribution >= 4 is 11.9 Å². The number of allylic oxidation sites excluding steroid dienone is 1. The number of carbonyl (C=O) groups excluding carboxylic acids is 1. The molecule has 0 aliphatic carbocycles. The van der Waals surface area contributed by atoms with Gasteiger partial charge >= 0.3 is 0 Å². The van der Waals surface area contributed by atoms with Gasteiger partial charge in [0, 0.05) is 22.9 Å². The van der Waals surface area contributed by atoms with E-state index in [0.717, 1.165) is 28.9 Å². The molecule has 3 nitrogen and oxygen atoms in total. The van der Waals surface area contributed by atoms with Gasteiger partial charge in [0.05, 0.1) is 11.4 Å². The Labute approximate surface area is 175 Å². The fourth-order valence-electron chi connectivity index (χ4n) is 3.22. The smallest absolute Gasteiger partial charge is 0.185 e. The minimum atomic E-state index is -0.363. The zero-order valence-corrected chi connectivity index (χ0v) is 16.6. The molecule has 0 bridgehead atoms. The summed E-state index contributed by atoms with van der Waals surface area (Å²) < 4.78 is 14.9. The number of benzene rings is 3. The third-order valence-corrected chi connectivity index (χ3v) is 4.94. The molecule has 1 heterocycles. The molecule has 0 radical (unpaired) electrons. The minimum absolute atomic E-state index is 0.185. The lowest BCUT2D eigenvalue weighted by Crippen LogP contribution is -1.94. The molecular formula is C26H21FN2O. The van der Waals surface area contributed by atoms with Crippen molar-refractivity contribution in [2.24, 2.45) is 0 Å². The van der Waals surface area contributed by atoms with Crippen LogP contribution in [0.5, 0.6) is 0 Å². The van der Waals surface area contributed by atoms with Crippen molar-refractivity contribution in [2.75, 3.05) is 0 Å². The van der Waals surface area contributed by atoms with Crippen LogP contribution in [-0.4, -0.2) is 15.6 Å². The van der Waals surface area contributed by atoms with Gasteiger partial charge in [0.2, 0.25) is 0 Å². The molecule has 4 rings (SSSR count). The highest BCUT2D eigenvalue weighted by molar-refractivity contribution is 6.07.